The van der Waals surface area contributed by atoms with Gasteiger partial charge >= 0.3 is 0 Å². The van der Waals surface area contributed by atoms with E-state index in [1.54, 1.807) is 4.90 Å². The lowest BCUT2D eigenvalue weighted by Gasteiger charge is -2.45. The average Bonchev–Trinajstić information content (AvgIpc) is 2.91. The Balaban J connectivity index is 1.34. The first kappa shape index (κ1) is 23.9. The van der Waals surface area contributed by atoms with Gasteiger partial charge in [0.05, 0.1) is 11.4 Å². The second-order valence-electron chi connectivity index (χ2n) is 10.4. The van der Waals surface area contributed by atoms with E-state index in [9.17, 15) is 14.4 Å². The minimum atomic E-state index is -0.222. The standard InChI is InChI=1S/C28H38N4O3/c33-26(29-15-14-21-9-3-1-4-10-21)20-32-25-19-22(27(34)30-16-6-2-7-17-30)12-13-23(25)31-18-8-5-11-24(31)28(32)35/h9,12-13,19,24H,1-8,10-11,14-18,20H2,(H,29,33)/t24-/m1/s1. The van der Waals surface area contributed by atoms with E-state index in [0.29, 0.717) is 17.8 Å². The zero-order chi connectivity index (χ0) is 24.2. The summed E-state index contributed by atoms with van der Waals surface area (Å²) in [6.45, 7) is 2.99. The second kappa shape index (κ2) is 10.8. The van der Waals surface area contributed by atoms with E-state index in [0.717, 1.165) is 76.7 Å². The van der Waals surface area contributed by atoms with Gasteiger partial charge in [-0.2, -0.15) is 0 Å². The van der Waals surface area contributed by atoms with Crippen molar-refractivity contribution in [3.05, 3.63) is 35.4 Å². The van der Waals surface area contributed by atoms with E-state index in [-0.39, 0.29) is 30.3 Å². The first-order chi connectivity index (χ1) is 17.1. The molecule has 7 nitrogen and oxygen atoms in total. The van der Waals surface area contributed by atoms with Crippen molar-refractivity contribution in [3.8, 4) is 0 Å². The molecule has 2 saturated heterocycles. The van der Waals surface area contributed by atoms with Crippen LogP contribution in [0.1, 0.15) is 81.0 Å². The summed E-state index contributed by atoms with van der Waals surface area (Å²) in [7, 11) is 0. The first-order valence-electron chi connectivity index (χ1n) is 13.6. The topological polar surface area (TPSA) is 73.0 Å². The maximum Gasteiger partial charge on any atom is 0.253 e. The molecule has 5 rings (SSSR count). The summed E-state index contributed by atoms with van der Waals surface area (Å²) in [5.74, 6) is -0.145. The van der Waals surface area contributed by atoms with Gasteiger partial charge in [0.25, 0.3) is 5.91 Å². The van der Waals surface area contributed by atoms with Gasteiger partial charge in [-0.25, -0.2) is 0 Å². The number of anilines is 2. The van der Waals surface area contributed by atoms with Crippen LogP contribution in [-0.4, -0.2) is 61.4 Å². The van der Waals surface area contributed by atoms with Gasteiger partial charge in [-0.15, -0.1) is 0 Å². The molecule has 1 N–H and O–H groups in total. The van der Waals surface area contributed by atoms with E-state index in [4.69, 9.17) is 0 Å². The molecule has 0 bridgehead atoms. The average molecular weight is 479 g/mol. The largest absolute Gasteiger partial charge is 0.358 e. The first-order valence-corrected chi connectivity index (χ1v) is 13.6. The minimum Gasteiger partial charge on any atom is -0.358 e. The van der Waals surface area contributed by atoms with Gasteiger partial charge in [-0.3, -0.25) is 19.3 Å². The molecular weight excluding hydrogens is 440 g/mol. The number of benzene rings is 1. The molecular formula is C28H38N4O3. The molecule has 7 heteroatoms. The number of allylic oxidation sites excluding steroid dienone is 1. The molecule has 1 atom stereocenters. The molecule has 3 heterocycles. The monoisotopic (exact) mass is 478 g/mol. The number of hydrogen-bond donors (Lipinski definition) is 1. The van der Waals surface area contributed by atoms with Crippen LogP contribution in [0, 0.1) is 0 Å². The number of carbonyl (C=O) groups excluding carboxylic acids is 3. The van der Waals surface area contributed by atoms with E-state index in [1.807, 2.05) is 23.1 Å². The molecule has 3 amide bonds. The van der Waals surface area contributed by atoms with Crippen molar-refractivity contribution in [2.45, 2.75) is 76.7 Å². The van der Waals surface area contributed by atoms with Crippen molar-refractivity contribution < 1.29 is 14.4 Å². The highest BCUT2D eigenvalue weighted by atomic mass is 16.2. The highest BCUT2D eigenvalue weighted by Crippen LogP contribution is 2.40. The molecule has 1 aromatic carbocycles. The van der Waals surface area contributed by atoms with E-state index in [1.165, 1.54) is 24.8 Å². The summed E-state index contributed by atoms with van der Waals surface area (Å²) in [4.78, 5) is 45.4. The number of piperidine rings is 2. The summed E-state index contributed by atoms with van der Waals surface area (Å²) in [6.07, 6.45) is 14.0. The van der Waals surface area contributed by atoms with Gasteiger partial charge in [0.15, 0.2) is 0 Å². The SMILES string of the molecule is O=C(CN1C(=O)[C@H]2CCCCN2c2ccc(C(=O)N3CCCCC3)cc21)NCCC1=CCCCC1. The Bertz CT molecular complexity index is 998. The number of fused-ring (bicyclic) bond motifs is 3. The van der Waals surface area contributed by atoms with Gasteiger partial charge < -0.3 is 15.1 Å². The predicted octanol–water partition coefficient (Wildman–Crippen LogP) is 4.02. The van der Waals surface area contributed by atoms with Gasteiger partial charge in [0.1, 0.15) is 12.6 Å². The van der Waals surface area contributed by atoms with Crippen molar-refractivity contribution in [1.29, 1.82) is 0 Å². The Morgan fingerprint density at radius 1 is 0.943 bits per heavy atom. The van der Waals surface area contributed by atoms with Crippen molar-refractivity contribution in [1.82, 2.24) is 10.2 Å². The Hall–Kier alpha value is -2.83. The molecule has 3 aliphatic heterocycles. The van der Waals surface area contributed by atoms with Crippen molar-refractivity contribution >= 4 is 29.1 Å². The van der Waals surface area contributed by atoms with Gasteiger partial charge in [-0.1, -0.05) is 11.6 Å². The number of hydrogen-bond acceptors (Lipinski definition) is 4. The Morgan fingerprint density at radius 2 is 1.77 bits per heavy atom. The maximum atomic E-state index is 13.6. The second-order valence-corrected chi connectivity index (χ2v) is 10.4. The number of nitrogens with one attached hydrogen (secondary N) is 1. The summed E-state index contributed by atoms with van der Waals surface area (Å²) >= 11 is 0. The van der Waals surface area contributed by atoms with Crippen LogP contribution >= 0.6 is 0 Å². The lowest BCUT2D eigenvalue weighted by Crippen LogP contribution is -2.57. The molecule has 0 spiro atoms. The molecule has 0 aromatic heterocycles. The van der Waals surface area contributed by atoms with Crippen LogP contribution in [0.4, 0.5) is 11.4 Å². The van der Waals surface area contributed by atoms with Crippen LogP contribution in [0.15, 0.2) is 29.8 Å². The summed E-state index contributed by atoms with van der Waals surface area (Å²) in [6, 6.07) is 5.50. The zero-order valence-electron chi connectivity index (χ0n) is 20.8. The molecule has 0 radical (unpaired) electrons. The van der Waals surface area contributed by atoms with Crippen LogP contribution in [0.3, 0.4) is 0 Å². The number of rotatable bonds is 6. The fraction of sp³-hybridized carbons (Fsp3) is 0.607. The molecule has 0 unspecified atom stereocenters. The van der Waals surface area contributed by atoms with Crippen LogP contribution in [-0.2, 0) is 9.59 Å². The summed E-state index contributed by atoms with van der Waals surface area (Å²) in [5, 5.41) is 3.03. The Labute approximate surface area is 208 Å². The van der Waals surface area contributed by atoms with Gasteiger partial charge in [-0.05, 0) is 88.8 Å². The highest BCUT2D eigenvalue weighted by Gasteiger charge is 2.40. The Kier molecular flexibility index (Phi) is 7.40. The lowest BCUT2D eigenvalue weighted by molar-refractivity contribution is -0.124. The molecule has 2 fully saturated rings. The molecule has 0 saturated carbocycles. The van der Waals surface area contributed by atoms with E-state index >= 15 is 0 Å². The third-order valence-corrected chi connectivity index (χ3v) is 7.97. The number of carbonyl (C=O) groups is 3. The number of nitrogens with zero attached hydrogens (tertiary/aromatic N) is 3. The van der Waals surface area contributed by atoms with Gasteiger partial charge in [0, 0.05) is 31.7 Å². The van der Waals surface area contributed by atoms with Crippen molar-refractivity contribution in [2.75, 3.05) is 42.5 Å². The minimum absolute atomic E-state index is 0.00339. The quantitative estimate of drug-likeness (QED) is 0.627. The van der Waals surface area contributed by atoms with Crippen LogP contribution in [0.2, 0.25) is 0 Å². The summed E-state index contributed by atoms with van der Waals surface area (Å²) < 4.78 is 0. The Morgan fingerprint density at radius 3 is 2.57 bits per heavy atom. The lowest BCUT2D eigenvalue weighted by atomic mass is 9.95. The number of amides is 3. The van der Waals surface area contributed by atoms with E-state index < -0.39 is 0 Å². The third-order valence-electron chi connectivity index (χ3n) is 7.97. The molecule has 188 valence electrons. The molecule has 4 aliphatic rings. The van der Waals surface area contributed by atoms with Crippen LogP contribution in [0.25, 0.3) is 0 Å². The predicted molar refractivity (Wildman–Crippen MR) is 138 cm³/mol. The number of likely N-dealkylation sites (tertiary alicyclic amines) is 1. The van der Waals surface area contributed by atoms with Crippen molar-refractivity contribution in [3.63, 3.8) is 0 Å². The molecule has 35 heavy (non-hydrogen) atoms. The fourth-order valence-electron chi connectivity index (χ4n) is 6.03. The molecule has 1 aromatic rings. The smallest absolute Gasteiger partial charge is 0.253 e. The van der Waals surface area contributed by atoms with Crippen LogP contribution < -0.4 is 15.1 Å². The van der Waals surface area contributed by atoms with E-state index in [2.05, 4.69) is 16.3 Å². The zero-order valence-corrected chi connectivity index (χ0v) is 20.8. The fourth-order valence-corrected chi connectivity index (χ4v) is 6.03. The van der Waals surface area contributed by atoms with Crippen LogP contribution in [0.5, 0.6) is 0 Å². The summed E-state index contributed by atoms with van der Waals surface area (Å²) in [5.41, 5.74) is 3.68. The normalized spacial score (nSPS) is 22.3. The third kappa shape index (κ3) is 5.24. The molecule has 1 aliphatic carbocycles. The maximum absolute atomic E-state index is 13.6. The highest BCUT2D eigenvalue weighted by molar-refractivity contribution is 6.09. The van der Waals surface area contributed by atoms with Gasteiger partial charge in [0.2, 0.25) is 11.8 Å². The van der Waals surface area contributed by atoms with Crippen molar-refractivity contribution in [2.24, 2.45) is 0 Å².